The largest absolute Gasteiger partial charge is 0.352 e. The van der Waals surface area contributed by atoms with Crippen molar-refractivity contribution < 1.29 is 9.59 Å². The Balaban J connectivity index is 0.00000400. The van der Waals surface area contributed by atoms with E-state index in [1.807, 2.05) is 13.8 Å². The van der Waals surface area contributed by atoms with E-state index in [-0.39, 0.29) is 42.7 Å². The van der Waals surface area contributed by atoms with E-state index in [9.17, 15) is 9.59 Å². The Hall–Kier alpha value is -0.810. The molecule has 0 bridgehead atoms. The lowest BCUT2D eigenvalue weighted by Gasteiger charge is -2.34. The summed E-state index contributed by atoms with van der Waals surface area (Å²) in [6.45, 7) is 8.19. The molecule has 1 aliphatic carbocycles. The first kappa shape index (κ1) is 20.2. The molecule has 4 atom stereocenters. The van der Waals surface area contributed by atoms with Gasteiger partial charge in [0, 0.05) is 6.04 Å². The van der Waals surface area contributed by atoms with Crippen LogP contribution in [0, 0.1) is 17.8 Å². The topological polar surface area (TPSA) is 84.2 Å². The number of nitrogens with two attached hydrogens (primary N) is 1. The molecule has 0 radical (unpaired) electrons. The van der Waals surface area contributed by atoms with Gasteiger partial charge in [0.15, 0.2) is 0 Å². The molecular weight excluding hydrogens is 290 g/mol. The molecule has 5 nitrogen and oxygen atoms in total. The molecule has 1 rings (SSSR count). The molecule has 0 heterocycles. The minimum Gasteiger partial charge on any atom is -0.352 e. The fourth-order valence-corrected chi connectivity index (χ4v) is 2.63. The van der Waals surface area contributed by atoms with E-state index in [0.717, 1.165) is 12.8 Å². The summed E-state index contributed by atoms with van der Waals surface area (Å²) in [7, 11) is 0. The smallest absolute Gasteiger partial charge is 0.239 e. The van der Waals surface area contributed by atoms with Crippen LogP contribution in [-0.2, 0) is 9.59 Å². The van der Waals surface area contributed by atoms with Crippen LogP contribution in [0.1, 0.15) is 47.0 Å². The molecule has 0 aromatic carbocycles. The molecule has 0 aromatic rings. The second kappa shape index (κ2) is 9.26. The molecule has 0 spiro atoms. The Morgan fingerprint density at radius 1 is 1.24 bits per heavy atom. The molecule has 0 aromatic heterocycles. The molecule has 1 aliphatic rings. The first-order valence-corrected chi connectivity index (χ1v) is 7.65. The molecular formula is C15H30ClN3O2. The van der Waals surface area contributed by atoms with Crippen molar-refractivity contribution >= 4 is 24.2 Å². The van der Waals surface area contributed by atoms with Gasteiger partial charge in [-0.15, -0.1) is 12.4 Å². The number of carbonyl (C=O) groups excluding carboxylic acids is 2. The first-order chi connectivity index (χ1) is 9.32. The Labute approximate surface area is 134 Å². The Morgan fingerprint density at radius 3 is 2.43 bits per heavy atom. The summed E-state index contributed by atoms with van der Waals surface area (Å²) in [5.41, 5.74) is 5.73. The number of halogens is 1. The molecule has 124 valence electrons. The van der Waals surface area contributed by atoms with Crippen molar-refractivity contribution in [1.82, 2.24) is 10.6 Å². The van der Waals surface area contributed by atoms with Crippen molar-refractivity contribution in [2.45, 2.75) is 59.0 Å². The average Bonchev–Trinajstić information content (AvgIpc) is 2.40. The second-order valence-corrected chi connectivity index (χ2v) is 6.43. The van der Waals surface area contributed by atoms with E-state index < -0.39 is 6.04 Å². The molecule has 1 saturated carbocycles. The van der Waals surface area contributed by atoms with Gasteiger partial charge in [0.2, 0.25) is 11.8 Å². The SMILES string of the molecule is CC1CCCC(NC(=O)CNC(=O)[C@@H](N)C(C)C)C1C.Cl. The second-order valence-electron chi connectivity index (χ2n) is 6.43. The Kier molecular flexibility index (Phi) is 8.90. The number of hydrogen-bond donors (Lipinski definition) is 3. The lowest BCUT2D eigenvalue weighted by atomic mass is 9.78. The molecule has 6 heteroatoms. The minimum absolute atomic E-state index is 0. The van der Waals surface area contributed by atoms with Gasteiger partial charge >= 0.3 is 0 Å². The van der Waals surface area contributed by atoms with Crippen LogP contribution >= 0.6 is 12.4 Å². The van der Waals surface area contributed by atoms with Gasteiger partial charge in [-0.3, -0.25) is 9.59 Å². The van der Waals surface area contributed by atoms with Gasteiger partial charge in [-0.2, -0.15) is 0 Å². The van der Waals surface area contributed by atoms with Crippen molar-refractivity contribution in [3.63, 3.8) is 0 Å². The third-order valence-electron chi connectivity index (χ3n) is 4.50. The summed E-state index contributed by atoms with van der Waals surface area (Å²) in [6, 6.07) is -0.335. The summed E-state index contributed by atoms with van der Waals surface area (Å²) in [5, 5.41) is 5.63. The highest BCUT2D eigenvalue weighted by atomic mass is 35.5. The highest BCUT2D eigenvalue weighted by Crippen LogP contribution is 2.29. The number of carbonyl (C=O) groups is 2. The maximum atomic E-state index is 11.9. The summed E-state index contributed by atoms with van der Waals surface area (Å²) < 4.78 is 0. The van der Waals surface area contributed by atoms with E-state index in [2.05, 4.69) is 24.5 Å². The van der Waals surface area contributed by atoms with Crippen LogP contribution in [0.3, 0.4) is 0 Å². The lowest BCUT2D eigenvalue weighted by molar-refractivity contribution is -0.128. The maximum Gasteiger partial charge on any atom is 0.239 e. The lowest BCUT2D eigenvalue weighted by Crippen LogP contribution is -2.50. The van der Waals surface area contributed by atoms with Gasteiger partial charge in [0.25, 0.3) is 0 Å². The summed E-state index contributed by atoms with van der Waals surface area (Å²) in [6.07, 6.45) is 3.41. The first-order valence-electron chi connectivity index (χ1n) is 7.65. The van der Waals surface area contributed by atoms with Crippen molar-refractivity contribution in [1.29, 1.82) is 0 Å². The van der Waals surface area contributed by atoms with Gasteiger partial charge < -0.3 is 16.4 Å². The van der Waals surface area contributed by atoms with E-state index in [0.29, 0.717) is 11.8 Å². The monoisotopic (exact) mass is 319 g/mol. The zero-order chi connectivity index (χ0) is 15.3. The fourth-order valence-electron chi connectivity index (χ4n) is 2.63. The Bertz CT molecular complexity index is 350. The summed E-state index contributed by atoms with van der Waals surface area (Å²) >= 11 is 0. The summed E-state index contributed by atoms with van der Waals surface area (Å²) in [4.78, 5) is 23.6. The number of nitrogens with one attached hydrogen (secondary N) is 2. The number of amides is 2. The predicted octanol–water partition coefficient (Wildman–Crippen LogP) is 1.45. The van der Waals surface area contributed by atoms with Crippen LogP contribution in [0.25, 0.3) is 0 Å². The van der Waals surface area contributed by atoms with Gasteiger partial charge in [-0.05, 0) is 24.2 Å². The third kappa shape index (κ3) is 6.22. The van der Waals surface area contributed by atoms with Crippen LogP contribution < -0.4 is 16.4 Å². The van der Waals surface area contributed by atoms with Crippen molar-refractivity contribution in [3.05, 3.63) is 0 Å². The normalized spacial score (nSPS) is 26.7. The van der Waals surface area contributed by atoms with Gasteiger partial charge in [-0.1, -0.05) is 40.5 Å². The van der Waals surface area contributed by atoms with Gasteiger partial charge in [0.05, 0.1) is 12.6 Å². The van der Waals surface area contributed by atoms with E-state index in [1.165, 1.54) is 6.42 Å². The average molecular weight is 320 g/mol. The van der Waals surface area contributed by atoms with Crippen LogP contribution in [0.2, 0.25) is 0 Å². The highest BCUT2D eigenvalue weighted by molar-refractivity contribution is 5.87. The molecule has 0 aliphatic heterocycles. The highest BCUT2D eigenvalue weighted by Gasteiger charge is 2.28. The molecule has 2 amide bonds. The zero-order valence-corrected chi connectivity index (χ0v) is 14.3. The fraction of sp³-hybridized carbons (Fsp3) is 0.867. The van der Waals surface area contributed by atoms with Crippen molar-refractivity contribution in [3.8, 4) is 0 Å². The van der Waals surface area contributed by atoms with Crippen LogP contribution in [-0.4, -0.2) is 30.4 Å². The quantitative estimate of drug-likeness (QED) is 0.717. The molecule has 4 N–H and O–H groups in total. The molecule has 1 fully saturated rings. The van der Waals surface area contributed by atoms with Crippen LogP contribution in [0.5, 0.6) is 0 Å². The standard InChI is InChI=1S/C15H29N3O2.ClH/c1-9(2)14(16)15(20)17-8-13(19)18-12-7-5-6-10(3)11(12)4;/h9-12,14H,5-8,16H2,1-4H3,(H,17,20)(H,18,19);1H/t10?,11?,12?,14-;/m0./s1. The van der Waals surface area contributed by atoms with Crippen molar-refractivity contribution in [2.24, 2.45) is 23.5 Å². The predicted molar refractivity (Wildman–Crippen MR) is 87.2 cm³/mol. The Morgan fingerprint density at radius 2 is 1.86 bits per heavy atom. The van der Waals surface area contributed by atoms with E-state index >= 15 is 0 Å². The number of hydrogen-bond acceptors (Lipinski definition) is 3. The molecule has 21 heavy (non-hydrogen) atoms. The zero-order valence-electron chi connectivity index (χ0n) is 13.5. The minimum atomic E-state index is -0.559. The summed E-state index contributed by atoms with van der Waals surface area (Å²) in [5.74, 6) is 0.803. The van der Waals surface area contributed by atoms with E-state index in [4.69, 9.17) is 5.73 Å². The number of rotatable bonds is 5. The van der Waals surface area contributed by atoms with E-state index in [1.54, 1.807) is 0 Å². The van der Waals surface area contributed by atoms with Gasteiger partial charge in [-0.25, -0.2) is 0 Å². The molecule has 3 unspecified atom stereocenters. The molecule has 0 saturated heterocycles. The third-order valence-corrected chi connectivity index (χ3v) is 4.50. The van der Waals surface area contributed by atoms with Crippen molar-refractivity contribution in [2.75, 3.05) is 6.54 Å². The maximum absolute atomic E-state index is 11.9. The van der Waals surface area contributed by atoms with Crippen LogP contribution in [0.15, 0.2) is 0 Å². The van der Waals surface area contributed by atoms with Crippen LogP contribution in [0.4, 0.5) is 0 Å². The van der Waals surface area contributed by atoms with Gasteiger partial charge in [0.1, 0.15) is 0 Å².